The Bertz CT molecular complexity index is 445. The summed E-state index contributed by atoms with van der Waals surface area (Å²) in [6.07, 6.45) is 0.579. The van der Waals surface area contributed by atoms with Crippen LogP contribution in [0.1, 0.15) is 19.0 Å². The third-order valence-electron chi connectivity index (χ3n) is 1.79. The fraction of sp³-hybridized carbons (Fsp3) is 0.444. The van der Waals surface area contributed by atoms with E-state index in [1.165, 1.54) is 0 Å². The first-order valence-corrected chi connectivity index (χ1v) is 6.61. The number of pyridine rings is 1. The van der Waals surface area contributed by atoms with Crippen molar-refractivity contribution in [2.24, 2.45) is 0 Å². The molecule has 0 saturated carbocycles. The quantitative estimate of drug-likeness (QED) is 0.831. The van der Waals surface area contributed by atoms with Gasteiger partial charge >= 0.3 is 0 Å². The van der Waals surface area contributed by atoms with E-state index in [9.17, 15) is 8.42 Å². The maximum atomic E-state index is 11.5. The van der Waals surface area contributed by atoms with Crippen LogP contribution in [-0.2, 0) is 10.0 Å². The number of nitrogens with one attached hydrogen (secondary N) is 1. The lowest BCUT2D eigenvalue weighted by Crippen LogP contribution is -2.17. The molecule has 1 aromatic heterocycles. The van der Waals surface area contributed by atoms with Crippen molar-refractivity contribution in [3.8, 4) is 0 Å². The lowest BCUT2D eigenvalue weighted by atomic mass is 10.3. The molecule has 84 valence electrons. The maximum Gasteiger partial charge on any atom is 0.232 e. The van der Waals surface area contributed by atoms with Crippen LogP contribution in [-0.4, -0.2) is 19.2 Å². The Balaban J connectivity index is 2.90. The zero-order chi connectivity index (χ0) is 11.5. The lowest BCUT2D eigenvalue weighted by Gasteiger charge is -2.08. The topological polar surface area (TPSA) is 59.1 Å². The molecular weight excluding hydrogens is 236 g/mol. The van der Waals surface area contributed by atoms with Gasteiger partial charge in [0.2, 0.25) is 10.0 Å². The minimum absolute atomic E-state index is 0.106. The largest absolute Gasteiger partial charge is 0.282 e. The van der Waals surface area contributed by atoms with Gasteiger partial charge in [0.05, 0.1) is 17.1 Å². The fourth-order valence-corrected chi connectivity index (χ4v) is 2.51. The summed E-state index contributed by atoms with van der Waals surface area (Å²) >= 11 is 5.66. The van der Waals surface area contributed by atoms with Gasteiger partial charge in [0.15, 0.2) is 0 Å². The van der Waals surface area contributed by atoms with Crippen molar-refractivity contribution in [2.45, 2.75) is 20.3 Å². The van der Waals surface area contributed by atoms with E-state index in [1.807, 2.05) is 6.92 Å². The molecule has 6 heteroatoms. The number of sulfonamides is 1. The smallest absolute Gasteiger partial charge is 0.232 e. The lowest BCUT2D eigenvalue weighted by molar-refractivity contribution is 0.600. The van der Waals surface area contributed by atoms with Gasteiger partial charge < -0.3 is 0 Å². The Hall–Kier alpha value is -0.810. The summed E-state index contributed by atoms with van der Waals surface area (Å²) in [5, 5.41) is 0.353. The molecule has 0 bridgehead atoms. The normalized spacial score (nSPS) is 11.4. The Kier molecular flexibility index (Phi) is 3.93. The van der Waals surface area contributed by atoms with E-state index in [-0.39, 0.29) is 5.75 Å². The first-order chi connectivity index (χ1) is 6.94. The molecule has 4 nitrogen and oxygen atoms in total. The highest BCUT2D eigenvalue weighted by molar-refractivity contribution is 7.92. The minimum Gasteiger partial charge on any atom is -0.282 e. The van der Waals surface area contributed by atoms with E-state index in [0.717, 1.165) is 0 Å². The molecule has 0 unspecified atom stereocenters. The van der Waals surface area contributed by atoms with E-state index in [0.29, 0.717) is 23.0 Å². The molecule has 0 atom stereocenters. The van der Waals surface area contributed by atoms with E-state index >= 15 is 0 Å². The Morgan fingerprint density at radius 2 is 2.13 bits per heavy atom. The number of rotatable bonds is 4. The molecule has 0 spiro atoms. The second-order valence-electron chi connectivity index (χ2n) is 3.19. The zero-order valence-corrected chi connectivity index (χ0v) is 10.2. The summed E-state index contributed by atoms with van der Waals surface area (Å²) in [4.78, 5) is 3.96. The van der Waals surface area contributed by atoms with Crippen molar-refractivity contribution >= 4 is 27.3 Å². The highest BCUT2D eigenvalue weighted by Gasteiger charge is 2.10. The van der Waals surface area contributed by atoms with Gasteiger partial charge in [-0.1, -0.05) is 18.5 Å². The fourth-order valence-electron chi connectivity index (χ4n) is 1.13. The van der Waals surface area contributed by atoms with Crippen LogP contribution in [0.5, 0.6) is 0 Å². The molecule has 0 fully saturated rings. The van der Waals surface area contributed by atoms with Crippen molar-refractivity contribution < 1.29 is 8.42 Å². The molecule has 1 rings (SSSR count). The summed E-state index contributed by atoms with van der Waals surface area (Å²) in [6.45, 7) is 3.52. The van der Waals surface area contributed by atoms with Gasteiger partial charge in [-0.15, -0.1) is 0 Å². The standard InChI is InChI=1S/C9H13ClN2O2S/c1-3-6-15(13,14)12-8-4-5-9(10)11-7(8)2/h4-5,12H,3,6H2,1-2H3. The van der Waals surface area contributed by atoms with E-state index in [2.05, 4.69) is 9.71 Å². The highest BCUT2D eigenvalue weighted by atomic mass is 35.5. The average molecular weight is 249 g/mol. The Morgan fingerprint density at radius 3 is 2.67 bits per heavy atom. The third-order valence-corrected chi connectivity index (χ3v) is 3.48. The second-order valence-corrected chi connectivity index (χ2v) is 5.42. The first kappa shape index (κ1) is 12.3. The molecule has 0 aliphatic carbocycles. The van der Waals surface area contributed by atoms with Crippen LogP contribution in [0, 0.1) is 6.92 Å². The van der Waals surface area contributed by atoms with Gasteiger partial charge in [0.1, 0.15) is 5.15 Å². The third kappa shape index (κ3) is 3.68. The Labute approximate surface area is 94.7 Å². The zero-order valence-electron chi connectivity index (χ0n) is 8.62. The molecule has 0 aromatic carbocycles. The molecule has 0 saturated heterocycles. The molecule has 0 aliphatic rings. The van der Waals surface area contributed by atoms with Crippen LogP contribution in [0.15, 0.2) is 12.1 Å². The van der Waals surface area contributed by atoms with Gasteiger partial charge in [-0.3, -0.25) is 4.72 Å². The van der Waals surface area contributed by atoms with Gasteiger partial charge in [0, 0.05) is 0 Å². The summed E-state index contributed by atoms with van der Waals surface area (Å²) in [5.41, 5.74) is 1.05. The SMILES string of the molecule is CCCS(=O)(=O)Nc1ccc(Cl)nc1C. The van der Waals surface area contributed by atoms with Gasteiger partial charge in [0.25, 0.3) is 0 Å². The Morgan fingerprint density at radius 1 is 1.47 bits per heavy atom. The van der Waals surface area contributed by atoms with Crippen LogP contribution in [0.2, 0.25) is 5.15 Å². The number of aryl methyl sites for hydroxylation is 1. The number of anilines is 1. The number of nitrogens with zero attached hydrogens (tertiary/aromatic N) is 1. The summed E-state index contributed by atoms with van der Waals surface area (Å²) in [5.74, 6) is 0.106. The molecular formula is C9H13ClN2O2S. The summed E-state index contributed by atoms with van der Waals surface area (Å²) in [7, 11) is -3.25. The number of hydrogen-bond acceptors (Lipinski definition) is 3. The van der Waals surface area contributed by atoms with Crippen molar-refractivity contribution in [3.05, 3.63) is 23.0 Å². The van der Waals surface area contributed by atoms with Gasteiger partial charge in [-0.25, -0.2) is 13.4 Å². The van der Waals surface area contributed by atoms with E-state index in [4.69, 9.17) is 11.6 Å². The van der Waals surface area contributed by atoms with Gasteiger partial charge in [-0.2, -0.15) is 0 Å². The molecule has 0 amide bonds. The number of halogens is 1. The van der Waals surface area contributed by atoms with E-state index < -0.39 is 10.0 Å². The van der Waals surface area contributed by atoms with Crippen molar-refractivity contribution in [3.63, 3.8) is 0 Å². The van der Waals surface area contributed by atoms with Crippen molar-refractivity contribution in [2.75, 3.05) is 10.5 Å². The predicted octanol–water partition coefficient (Wildman–Crippen LogP) is 2.20. The van der Waals surface area contributed by atoms with Crippen LogP contribution < -0.4 is 4.72 Å². The molecule has 15 heavy (non-hydrogen) atoms. The molecule has 0 aliphatic heterocycles. The predicted molar refractivity (Wildman–Crippen MR) is 61.7 cm³/mol. The molecule has 1 heterocycles. The first-order valence-electron chi connectivity index (χ1n) is 4.58. The minimum atomic E-state index is -3.25. The van der Waals surface area contributed by atoms with Crippen LogP contribution in [0.25, 0.3) is 0 Å². The second kappa shape index (κ2) is 4.81. The van der Waals surface area contributed by atoms with Gasteiger partial charge in [-0.05, 0) is 25.5 Å². The molecule has 1 N–H and O–H groups in total. The van der Waals surface area contributed by atoms with Crippen LogP contribution in [0.3, 0.4) is 0 Å². The number of hydrogen-bond donors (Lipinski definition) is 1. The van der Waals surface area contributed by atoms with E-state index in [1.54, 1.807) is 19.1 Å². The van der Waals surface area contributed by atoms with Crippen molar-refractivity contribution in [1.82, 2.24) is 4.98 Å². The highest BCUT2D eigenvalue weighted by Crippen LogP contribution is 2.17. The maximum absolute atomic E-state index is 11.5. The van der Waals surface area contributed by atoms with Crippen LogP contribution in [0.4, 0.5) is 5.69 Å². The monoisotopic (exact) mass is 248 g/mol. The average Bonchev–Trinajstić information content (AvgIpc) is 2.09. The molecule has 1 aromatic rings. The summed E-state index contributed by atoms with van der Waals surface area (Å²) < 4.78 is 25.4. The summed E-state index contributed by atoms with van der Waals surface area (Å²) in [6, 6.07) is 3.16. The molecule has 0 radical (unpaired) electrons. The van der Waals surface area contributed by atoms with Crippen LogP contribution >= 0.6 is 11.6 Å². The van der Waals surface area contributed by atoms with Crippen molar-refractivity contribution in [1.29, 1.82) is 0 Å². The number of aromatic nitrogens is 1.